The average Bonchev–Trinajstić information content (AvgIpc) is 3.00. The SMILES string of the molecule is CCNC(=NCc1ncc(CC)s1)NC(C)c1ccc(F)cc1F.I. The number of aromatic nitrogens is 1. The monoisotopic (exact) mass is 480 g/mol. The van der Waals surface area contributed by atoms with Crippen molar-refractivity contribution in [2.75, 3.05) is 6.54 Å². The van der Waals surface area contributed by atoms with Gasteiger partial charge >= 0.3 is 0 Å². The van der Waals surface area contributed by atoms with E-state index < -0.39 is 11.6 Å². The fourth-order valence-corrected chi connectivity index (χ4v) is 2.97. The minimum atomic E-state index is -0.584. The Kier molecular flexibility index (Phi) is 9.26. The normalized spacial score (nSPS) is 12.4. The van der Waals surface area contributed by atoms with Crippen LogP contribution in [0.2, 0.25) is 0 Å². The molecule has 0 bridgehead atoms. The number of aliphatic imine (C=N–C) groups is 1. The van der Waals surface area contributed by atoms with Crippen LogP contribution in [-0.2, 0) is 13.0 Å². The highest BCUT2D eigenvalue weighted by Gasteiger charge is 2.13. The molecule has 0 fully saturated rings. The van der Waals surface area contributed by atoms with E-state index in [4.69, 9.17) is 0 Å². The van der Waals surface area contributed by atoms with E-state index in [1.165, 1.54) is 17.0 Å². The molecule has 1 heterocycles. The molecule has 0 saturated heterocycles. The zero-order valence-electron chi connectivity index (χ0n) is 14.5. The van der Waals surface area contributed by atoms with Crippen LogP contribution in [0.1, 0.15) is 42.3 Å². The van der Waals surface area contributed by atoms with Crippen LogP contribution in [0, 0.1) is 11.6 Å². The van der Waals surface area contributed by atoms with Gasteiger partial charge in [-0.15, -0.1) is 35.3 Å². The lowest BCUT2D eigenvalue weighted by Gasteiger charge is -2.18. The molecule has 1 aromatic heterocycles. The summed E-state index contributed by atoms with van der Waals surface area (Å²) < 4.78 is 26.9. The van der Waals surface area contributed by atoms with Gasteiger partial charge in [0, 0.05) is 29.2 Å². The van der Waals surface area contributed by atoms with Crippen molar-refractivity contribution >= 4 is 41.3 Å². The number of nitrogens with zero attached hydrogens (tertiary/aromatic N) is 2. The van der Waals surface area contributed by atoms with E-state index in [1.54, 1.807) is 11.3 Å². The molecular formula is C17H23F2IN4S. The predicted octanol–water partition coefficient (Wildman–Crippen LogP) is 4.42. The summed E-state index contributed by atoms with van der Waals surface area (Å²) in [6.07, 6.45) is 2.83. The summed E-state index contributed by atoms with van der Waals surface area (Å²) in [5.74, 6) is -0.583. The molecule has 1 unspecified atom stereocenters. The van der Waals surface area contributed by atoms with Gasteiger partial charge in [0.1, 0.15) is 16.6 Å². The molecule has 0 aliphatic rings. The van der Waals surface area contributed by atoms with Gasteiger partial charge in [-0.25, -0.2) is 18.8 Å². The van der Waals surface area contributed by atoms with E-state index in [0.29, 0.717) is 24.6 Å². The predicted molar refractivity (Wildman–Crippen MR) is 110 cm³/mol. The Labute approximate surface area is 168 Å². The minimum absolute atomic E-state index is 0. The van der Waals surface area contributed by atoms with Gasteiger partial charge in [-0.05, 0) is 26.3 Å². The van der Waals surface area contributed by atoms with Crippen molar-refractivity contribution in [3.05, 3.63) is 51.5 Å². The standard InChI is InChI=1S/C17H22F2N4S.HI/c1-4-13-9-21-16(24-13)10-22-17(20-5-2)23-11(3)14-7-6-12(18)8-15(14)19;/h6-9,11H,4-5,10H2,1-3H3,(H2,20,22,23);1H. The summed E-state index contributed by atoms with van der Waals surface area (Å²) in [6.45, 7) is 6.99. The van der Waals surface area contributed by atoms with E-state index in [2.05, 4.69) is 27.5 Å². The third-order valence-corrected chi connectivity index (χ3v) is 4.58. The Balaban J connectivity index is 0.00000312. The first-order valence-electron chi connectivity index (χ1n) is 7.96. The third-order valence-electron chi connectivity index (χ3n) is 3.45. The summed E-state index contributed by atoms with van der Waals surface area (Å²) in [5.41, 5.74) is 0.393. The number of benzene rings is 1. The molecule has 138 valence electrons. The van der Waals surface area contributed by atoms with Gasteiger partial charge in [0.2, 0.25) is 0 Å². The molecular weight excluding hydrogens is 457 g/mol. The first-order valence-corrected chi connectivity index (χ1v) is 8.78. The smallest absolute Gasteiger partial charge is 0.192 e. The molecule has 0 aliphatic carbocycles. The van der Waals surface area contributed by atoms with Crippen LogP contribution in [0.5, 0.6) is 0 Å². The highest BCUT2D eigenvalue weighted by Crippen LogP contribution is 2.18. The Morgan fingerprint density at radius 3 is 2.68 bits per heavy atom. The van der Waals surface area contributed by atoms with Gasteiger partial charge < -0.3 is 10.6 Å². The largest absolute Gasteiger partial charge is 0.357 e. The number of aryl methyl sites for hydroxylation is 1. The van der Waals surface area contributed by atoms with Crippen LogP contribution in [0.4, 0.5) is 8.78 Å². The molecule has 1 aromatic carbocycles. The summed E-state index contributed by atoms with van der Waals surface area (Å²) in [4.78, 5) is 10.0. The van der Waals surface area contributed by atoms with Crippen LogP contribution in [0.15, 0.2) is 29.4 Å². The van der Waals surface area contributed by atoms with E-state index in [9.17, 15) is 8.78 Å². The molecule has 0 amide bonds. The van der Waals surface area contributed by atoms with Crippen molar-refractivity contribution in [3.8, 4) is 0 Å². The number of hydrogen-bond acceptors (Lipinski definition) is 3. The van der Waals surface area contributed by atoms with Crippen molar-refractivity contribution in [1.82, 2.24) is 15.6 Å². The zero-order valence-corrected chi connectivity index (χ0v) is 17.6. The zero-order chi connectivity index (χ0) is 17.5. The lowest BCUT2D eigenvalue weighted by Crippen LogP contribution is -2.39. The molecule has 2 rings (SSSR count). The Morgan fingerprint density at radius 2 is 2.08 bits per heavy atom. The fourth-order valence-electron chi connectivity index (χ4n) is 2.19. The second-order valence-electron chi connectivity index (χ2n) is 5.30. The second-order valence-corrected chi connectivity index (χ2v) is 6.50. The molecule has 25 heavy (non-hydrogen) atoms. The summed E-state index contributed by atoms with van der Waals surface area (Å²) >= 11 is 1.64. The van der Waals surface area contributed by atoms with E-state index in [0.717, 1.165) is 17.5 Å². The molecule has 2 aromatic rings. The van der Waals surface area contributed by atoms with Crippen molar-refractivity contribution in [2.45, 2.75) is 39.8 Å². The van der Waals surface area contributed by atoms with Gasteiger partial charge in [0.15, 0.2) is 5.96 Å². The lowest BCUT2D eigenvalue weighted by atomic mass is 10.1. The molecule has 1 atom stereocenters. The third kappa shape index (κ3) is 6.50. The topological polar surface area (TPSA) is 49.3 Å². The molecule has 2 N–H and O–H groups in total. The summed E-state index contributed by atoms with van der Waals surface area (Å²) in [7, 11) is 0. The van der Waals surface area contributed by atoms with Crippen LogP contribution in [-0.4, -0.2) is 17.5 Å². The molecule has 4 nitrogen and oxygen atoms in total. The second kappa shape index (κ2) is 10.6. The van der Waals surface area contributed by atoms with Crippen molar-refractivity contribution in [2.24, 2.45) is 4.99 Å². The Morgan fingerprint density at radius 1 is 1.32 bits per heavy atom. The quantitative estimate of drug-likeness (QED) is 0.366. The maximum absolute atomic E-state index is 13.9. The van der Waals surface area contributed by atoms with Crippen LogP contribution in [0.25, 0.3) is 0 Å². The number of nitrogens with one attached hydrogen (secondary N) is 2. The Bertz CT molecular complexity index is 706. The van der Waals surface area contributed by atoms with E-state index in [-0.39, 0.29) is 30.0 Å². The highest BCUT2D eigenvalue weighted by molar-refractivity contribution is 14.0. The van der Waals surface area contributed by atoms with E-state index in [1.807, 2.05) is 20.0 Å². The van der Waals surface area contributed by atoms with Gasteiger partial charge in [-0.2, -0.15) is 0 Å². The van der Waals surface area contributed by atoms with Gasteiger partial charge in [-0.1, -0.05) is 13.0 Å². The van der Waals surface area contributed by atoms with Crippen molar-refractivity contribution in [1.29, 1.82) is 0 Å². The molecule has 0 spiro atoms. The van der Waals surface area contributed by atoms with Crippen molar-refractivity contribution in [3.63, 3.8) is 0 Å². The summed E-state index contributed by atoms with van der Waals surface area (Å²) in [6, 6.07) is 3.24. The van der Waals surface area contributed by atoms with Crippen molar-refractivity contribution < 1.29 is 8.78 Å². The van der Waals surface area contributed by atoms with Crippen LogP contribution < -0.4 is 10.6 Å². The van der Waals surface area contributed by atoms with Gasteiger partial charge in [0.25, 0.3) is 0 Å². The summed E-state index contributed by atoms with van der Waals surface area (Å²) in [5, 5.41) is 7.20. The number of hydrogen-bond donors (Lipinski definition) is 2. The van der Waals surface area contributed by atoms with Gasteiger partial charge in [-0.3, -0.25) is 0 Å². The van der Waals surface area contributed by atoms with Gasteiger partial charge in [0.05, 0.1) is 12.6 Å². The van der Waals surface area contributed by atoms with Crippen LogP contribution >= 0.6 is 35.3 Å². The Hall–Kier alpha value is -1.29. The number of rotatable bonds is 6. The fraction of sp³-hybridized carbons (Fsp3) is 0.412. The molecule has 0 radical (unpaired) electrons. The highest BCUT2D eigenvalue weighted by atomic mass is 127. The number of guanidine groups is 1. The average molecular weight is 480 g/mol. The molecule has 0 aliphatic heterocycles. The maximum Gasteiger partial charge on any atom is 0.192 e. The first kappa shape index (κ1) is 21.8. The maximum atomic E-state index is 13.9. The number of thiazole rings is 1. The molecule has 8 heteroatoms. The van der Waals surface area contributed by atoms with Crippen LogP contribution in [0.3, 0.4) is 0 Å². The molecule has 0 saturated carbocycles. The lowest BCUT2D eigenvalue weighted by molar-refractivity contribution is 0.551. The first-order chi connectivity index (χ1) is 11.5. The minimum Gasteiger partial charge on any atom is -0.357 e. The number of halogens is 3. The van der Waals surface area contributed by atoms with E-state index >= 15 is 0 Å².